The van der Waals surface area contributed by atoms with Gasteiger partial charge in [0.2, 0.25) is 0 Å². The van der Waals surface area contributed by atoms with Gasteiger partial charge in [0.25, 0.3) is 0 Å². The highest BCUT2D eigenvalue weighted by Gasteiger charge is 2.41. The summed E-state index contributed by atoms with van der Waals surface area (Å²) in [5.41, 5.74) is -1.50. The number of alkyl halides is 3. The Kier molecular flexibility index (Phi) is 2.77. The van der Waals surface area contributed by atoms with E-state index >= 15 is 0 Å². The molecule has 6 heteroatoms. The van der Waals surface area contributed by atoms with Gasteiger partial charge in [-0.2, -0.15) is 13.2 Å². The lowest BCUT2D eigenvalue weighted by Crippen LogP contribution is -2.61. The highest BCUT2D eigenvalue weighted by Crippen LogP contribution is 2.33. The number of hydrogen-bond donors (Lipinski definition) is 1. The Bertz CT molecular complexity index is 413. The van der Waals surface area contributed by atoms with E-state index in [1.165, 1.54) is 0 Å². The van der Waals surface area contributed by atoms with Gasteiger partial charge in [0.15, 0.2) is 0 Å². The molecule has 0 aromatic carbocycles. The summed E-state index contributed by atoms with van der Waals surface area (Å²) in [7, 11) is 0. The number of aromatic nitrogens is 1. The van der Waals surface area contributed by atoms with Gasteiger partial charge in [-0.15, -0.1) is 0 Å². The Balaban J connectivity index is 2.14. The SMILES string of the molecule is CCC1(O)CN(c2cc(C(F)(F)F)ccn2)C1. The van der Waals surface area contributed by atoms with Gasteiger partial charge in [0, 0.05) is 19.3 Å². The first-order valence-corrected chi connectivity index (χ1v) is 5.35. The summed E-state index contributed by atoms with van der Waals surface area (Å²) >= 11 is 0. The maximum absolute atomic E-state index is 12.5. The molecule has 3 nitrogen and oxygen atoms in total. The average molecular weight is 246 g/mol. The number of nitrogens with zero attached hydrogens (tertiary/aromatic N) is 2. The summed E-state index contributed by atoms with van der Waals surface area (Å²) in [4.78, 5) is 5.53. The molecule has 1 aromatic heterocycles. The molecule has 0 amide bonds. The summed E-state index contributed by atoms with van der Waals surface area (Å²) in [5, 5.41) is 9.79. The second-order valence-corrected chi connectivity index (χ2v) is 4.33. The molecule has 0 aliphatic carbocycles. The lowest BCUT2D eigenvalue weighted by molar-refractivity contribution is -0.137. The topological polar surface area (TPSA) is 36.4 Å². The first-order valence-electron chi connectivity index (χ1n) is 5.35. The molecule has 17 heavy (non-hydrogen) atoms. The van der Waals surface area contributed by atoms with Crippen molar-refractivity contribution in [3.8, 4) is 0 Å². The number of anilines is 1. The van der Waals surface area contributed by atoms with E-state index in [4.69, 9.17) is 0 Å². The van der Waals surface area contributed by atoms with Crippen LogP contribution in [-0.2, 0) is 6.18 Å². The fourth-order valence-corrected chi connectivity index (χ4v) is 1.82. The van der Waals surface area contributed by atoms with E-state index < -0.39 is 17.3 Å². The van der Waals surface area contributed by atoms with E-state index in [-0.39, 0.29) is 5.82 Å². The summed E-state index contributed by atoms with van der Waals surface area (Å²) in [6, 6.07) is 1.95. The van der Waals surface area contributed by atoms with Crippen molar-refractivity contribution in [1.82, 2.24) is 4.98 Å². The largest absolute Gasteiger partial charge is 0.416 e. The fraction of sp³-hybridized carbons (Fsp3) is 0.545. The van der Waals surface area contributed by atoms with E-state index in [1.54, 1.807) is 4.90 Å². The number of aliphatic hydroxyl groups is 1. The van der Waals surface area contributed by atoms with Gasteiger partial charge in [0.05, 0.1) is 11.2 Å². The van der Waals surface area contributed by atoms with Crippen molar-refractivity contribution in [2.24, 2.45) is 0 Å². The minimum Gasteiger partial charge on any atom is -0.386 e. The molecule has 0 spiro atoms. The lowest BCUT2D eigenvalue weighted by atomic mass is 9.91. The van der Waals surface area contributed by atoms with Gasteiger partial charge in [-0.3, -0.25) is 0 Å². The highest BCUT2D eigenvalue weighted by atomic mass is 19.4. The molecular formula is C11H13F3N2O. The van der Waals surface area contributed by atoms with E-state index in [1.807, 2.05) is 6.92 Å². The number of hydrogen-bond acceptors (Lipinski definition) is 3. The predicted molar refractivity (Wildman–Crippen MR) is 56.7 cm³/mol. The van der Waals surface area contributed by atoms with Crippen molar-refractivity contribution < 1.29 is 18.3 Å². The standard InChI is InChI=1S/C11H13F3N2O/c1-2-10(17)6-16(7-10)9-5-8(3-4-15-9)11(12,13)14/h3-5,17H,2,6-7H2,1H3. The van der Waals surface area contributed by atoms with Crippen molar-refractivity contribution in [2.45, 2.75) is 25.1 Å². The van der Waals surface area contributed by atoms with E-state index in [0.29, 0.717) is 19.5 Å². The fourth-order valence-electron chi connectivity index (χ4n) is 1.82. The van der Waals surface area contributed by atoms with Crippen LogP contribution in [0.5, 0.6) is 0 Å². The second-order valence-electron chi connectivity index (χ2n) is 4.33. The van der Waals surface area contributed by atoms with Gasteiger partial charge in [-0.05, 0) is 18.6 Å². The maximum Gasteiger partial charge on any atom is 0.416 e. The van der Waals surface area contributed by atoms with Crippen LogP contribution in [0.2, 0.25) is 0 Å². The lowest BCUT2D eigenvalue weighted by Gasteiger charge is -2.46. The average Bonchev–Trinajstić information content (AvgIpc) is 2.24. The van der Waals surface area contributed by atoms with Gasteiger partial charge in [-0.25, -0.2) is 4.98 Å². The first-order chi connectivity index (χ1) is 7.84. The molecule has 94 valence electrons. The Labute approximate surface area is 96.9 Å². The third kappa shape index (κ3) is 2.36. The van der Waals surface area contributed by atoms with Crippen LogP contribution < -0.4 is 4.90 Å². The minimum absolute atomic E-state index is 0.262. The van der Waals surface area contributed by atoms with Crippen LogP contribution in [0.25, 0.3) is 0 Å². The van der Waals surface area contributed by atoms with E-state index in [9.17, 15) is 18.3 Å². The van der Waals surface area contributed by atoms with Crippen molar-refractivity contribution >= 4 is 5.82 Å². The Hall–Kier alpha value is -1.30. The normalized spacial score (nSPS) is 19.0. The Morgan fingerprint density at radius 1 is 1.47 bits per heavy atom. The molecule has 0 saturated carbocycles. The molecule has 2 heterocycles. The molecule has 0 radical (unpaired) electrons. The number of β-amino-alcohol motifs (C(OH)–C–C–N with tert-alkyl or cyclic N) is 1. The highest BCUT2D eigenvalue weighted by molar-refractivity contribution is 5.46. The molecule has 0 unspecified atom stereocenters. The van der Waals surface area contributed by atoms with Crippen LogP contribution >= 0.6 is 0 Å². The van der Waals surface area contributed by atoms with Crippen LogP contribution in [0.15, 0.2) is 18.3 Å². The van der Waals surface area contributed by atoms with Gasteiger partial charge in [0.1, 0.15) is 5.82 Å². The molecule has 1 aromatic rings. The molecule has 1 N–H and O–H groups in total. The van der Waals surface area contributed by atoms with Crippen LogP contribution in [-0.4, -0.2) is 28.8 Å². The van der Waals surface area contributed by atoms with Crippen LogP contribution in [0.3, 0.4) is 0 Å². The molecule has 1 fully saturated rings. The number of halogens is 3. The van der Waals surface area contributed by atoms with Crippen molar-refractivity contribution in [2.75, 3.05) is 18.0 Å². The van der Waals surface area contributed by atoms with E-state index in [0.717, 1.165) is 18.3 Å². The monoisotopic (exact) mass is 246 g/mol. The molecular weight excluding hydrogens is 233 g/mol. The number of rotatable bonds is 2. The van der Waals surface area contributed by atoms with Gasteiger partial charge < -0.3 is 10.0 Å². The summed E-state index contributed by atoms with van der Waals surface area (Å²) in [6.07, 6.45) is -2.63. The second kappa shape index (κ2) is 3.87. The van der Waals surface area contributed by atoms with Crippen LogP contribution in [0.4, 0.5) is 19.0 Å². The van der Waals surface area contributed by atoms with Crippen molar-refractivity contribution in [1.29, 1.82) is 0 Å². The van der Waals surface area contributed by atoms with Crippen molar-refractivity contribution in [3.05, 3.63) is 23.9 Å². The predicted octanol–water partition coefficient (Wildman–Crippen LogP) is 2.06. The summed E-state index contributed by atoms with van der Waals surface area (Å²) in [5.74, 6) is 0.262. The smallest absolute Gasteiger partial charge is 0.386 e. The number of pyridine rings is 1. The molecule has 1 aliphatic rings. The van der Waals surface area contributed by atoms with E-state index in [2.05, 4.69) is 4.98 Å². The molecule has 1 saturated heterocycles. The van der Waals surface area contributed by atoms with Crippen LogP contribution in [0, 0.1) is 0 Å². The first kappa shape index (κ1) is 12.2. The van der Waals surface area contributed by atoms with Crippen LogP contribution in [0.1, 0.15) is 18.9 Å². The third-order valence-corrected chi connectivity index (χ3v) is 3.03. The zero-order valence-corrected chi connectivity index (χ0v) is 9.33. The minimum atomic E-state index is -4.36. The zero-order valence-electron chi connectivity index (χ0n) is 9.33. The van der Waals surface area contributed by atoms with Crippen molar-refractivity contribution in [3.63, 3.8) is 0 Å². The van der Waals surface area contributed by atoms with Gasteiger partial charge >= 0.3 is 6.18 Å². The molecule has 2 rings (SSSR count). The quantitative estimate of drug-likeness (QED) is 0.867. The molecule has 0 bridgehead atoms. The van der Waals surface area contributed by atoms with Gasteiger partial charge in [-0.1, -0.05) is 6.92 Å². The molecule has 1 aliphatic heterocycles. The zero-order chi connectivity index (χ0) is 12.7. The summed E-state index contributed by atoms with van der Waals surface area (Å²) < 4.78 is 37.4. The Morgan fingerprint density at radius 3 is 2.65 bits per heavy atom. The third-order valence-electron chi connectivity index (χ3n) is 3.03. The molecule has 0 atom stereocenters. The maximum atomic E-state index is 12.5. The Morgan fingerprint density at radius 2 is 2.12 bits per heavy atom. The summed E-state index contributed by atoms with van der Waals surface area (Å²) in [6.45, 7) is 2.51.